The molecule has 3 aromatic rings. The van der Waals surface area contributed by atoms with Gasteiger partial charge in [-0.2, -0.15) is 0 Å². The van der Waals surface area contributed by atoms with E-state index in [1.807, 2.05) is 53.6 Å². The van der Waals surface area contributed by atoms with E-state index in [2.05, 4.69) is 11.1 Å². The Balaban J connectivity index is 1.53. The van der Waals surface area contributed by atoms with Crippen LogP contribution in [0.2, 0.25) is 5.02 Å². The lowest BCUT2D eigenvalue weighted by Crippen LogP contribution is -2.33. The Morgan fingerprint density at radius 3 is 2.62 bits per heavy atom. The first-order valence-electron chi connectivity index (χ1n) is 8.29. The first-order chi connectivity index (χ1) is 11.7. The molecule has 24 heavy (non-hydrogen) atoms. The van der Waals surface area contributed by atoms with Crippen LogP contribution in [0.1, 0.15) is 24.0 Å². The number of aromatic nitrogens is 1. The summed E-state index contributed by atoms with van der Waals surface area (Å²) in [5.74, 6) is 0.192. The van der Waals surface area contributed by atoms with Crippen LogP contribution in [0.4, 0.5) is 0 Å². The van der Waals surface area contributed by atoms with Gasteiger partial charge in [-0.15, -0.1) is 0 Å². The summed E-state index contributed by atoms with van der Waals surface area (Å²) >= 11 is 5.95. The summed E-state index contributed by atoms with van der Waals surface area (Å²) in [7, 11) is 0. The molecule has 4 rings (SSSR count). The number of fused-ring (bicyclic) bond motifs is 1. The van der Waals surface area contributed by atoms with Crippen LogP contribution in [-0.4, -0.2) is 21.8 Å². The van der Waals surface area contributed by atoms with Crippen molar-refractivity contribution in [3.63, 3.8) is 0 Å². The molecule has 0 spiro atoms. The van der Waals surface area contributed by atoms with Crippen LogP contribution >= 0.6 is 11.6 Å². The number of nitrogens with zero attached hydrogens (tertiary/aromatic N) is 1. The van der Waals surface area contributed by atoms with Crippen molar-refractivity contribution < 1.29 is 4.79 Å². The van der Waals surface area contributed by atoms with Gasteiger partial charge in [0.05, 0.1) is 6.42 Å². The van der Waals surface area contributed by atoms with Gasteiger partial charge in [-0.1, -0.05) is 41.9 Å². The second-order valence-electron chi connectivity index (χ2n) is 6.42. The first-order valence-corrected chi connectivity index (χ1v) is 8.67. The van der Waals surface area contributed by atoms with Gasteiger partial charge in [-0.3, -0.25) is 4.79 Å². The highest BCUT2D eigenvalue weighted by Crippen LogP contribution is 2.30. The lowest BCUT2D eigenvalue weighted by atomic mass is 10.1. The number of rotatable bonds is 5. The minimum Gasteiger partial charge on any atom is -0.361 e. The Kier molecular flexibility index (Phi) is 4.03. The van der Waals surface area contributed by atoms with Gasteiger partial charge < -0.3 is 9.88 Å². The highest BCUT2D eigenvalue weighted by atomic mass is 35.5. The molecular formula is C20H19ClN2O. The minimum atomic E-state index is 0.192. The number of carbonyl (C=O) groups is 1. The van der Waals surface area contributed by atoms with Gasteiger partial charge in [-0.05, 0) is 42.2 Å². The van der Waals surface area contributed by atoms with Crippen LogP contribution in [0.15, 0.2) is 54.7 Å². The Morgan fingerprint density at radius 1 is 1.12 bits per heavy atom. The largest absolute Gasteiger partial charge is 0.361 e. The second-order valence-corrected chi connectivity index (χ2v) is 6.85. The fourth-order valence-electron chi connectivity index (χ4n) is 3.14. The normalized spacial score (nSPS) is 14.0. The number of benzene rings is 2. The zero-order valence-electron chi connectivity index (χ0n) is 13.3. The number of nitrogens with one attached hydrogen (secondary N) is 1. The molecule has 0 bridgehead atoms. The van der Waals surface area contributed by atoms with Gasteiger partial charge in [0, 0.05) is 34.7 Å². The van der Waals surface area contributed by atoms with Crippen molar-refractivity contribution in [2.45, 2.75) is 31.8 Å². The molecule has 0 radical (unpaired) electrons. The predicted octanol–water partition coefficient (Wildman–Crippen LogP) is 4.56. The number of amides is 1. The molecule has 0 atom stereocenters. The fraction of sp³-hybridized carbons (Fsp3) is 0.250. The van der Waals surface area contributed by atoms with E-state index in [9.17, 15) is 4.79 Å². The number of hydrogen-bond acceptors (Lipinski definition) is 1. The van der Waals surface area contributed by atoms with Gasteiger partial charge >= 0.3 is 0 Å². The van der Waals surface area contributed by atoms with E-state index in [0.29, 0.717) is 19.0 Å². The Morgan fingerprint density at radius 2 is 1.88 bits per heavy atom. The predicted molar refractivity (Wildman–Crippen MR) is 97.0 cm³/mol. The second kappa shape index (κ2) is 6.33. The number of aromatic amines is 1. The Hall–Kier alpha value is -2.26. The summed E-state index contributed by atoms with van der Waals surface area (Å²) in [4.78, 5) is 18.2. The Bertz CT molecular complexity index is 865. The Labute approximate surface area is 146 Å². The molecule has 1 fully saturated rings. The lowest BCUT2D eigenvalue weighted by molar-refractivity contribution is -0.131. The van der Waals surface area contributed by atoms with Gasteiger partial charge in [0.1, 0.15) is 0 Å². The highest BCUT2D eigenvalue weighted by Gasteiger charge is 2.32. The molecule has 1 amide bonds. The van der Waals surface area contributed by atoms with E-state index in [1.165, 1.54) is 0 Å². The molecule has 1 N–H and O–H groups in total. The highest BCUT2D eigenvalue weighted by molar-refractivity contribution is 6.30. The standard InChI is InChI=1S/C20H19ClN2O/c21-16-7-5-14(6-8-16)13-23(17-9-10-17)20(24)11-15-12-22-19-4-2-1-3-18(15)19/h1-8,12,17,22H,9-11,13H2. The summed E-state index contributed by atoms with van der Waals surface area (Å²) in [6.45, 7) is 0.656. The van der Waals surface area contributed by atoms with Gasteiger partial charge in [0.25, 0.3) is 0 Å². The van der Waals surface area contributed by atoms with E-state index < -0.39 is 0 Å². The molecule has 4 heteroatoms. The summed E-state index contributed by atoms with van der Waals surface area (Å²) < 4.78 is 0. The third-order valence-electron chi connectivity index (χ3n) is 4.59. The monoisotopic (exact) mass is 338 g/mol. The van der Waals surface area contributed by atoms with Crippen molar-refractivity contribution in [1.29, 1.82) is 0 Å². The molecule has 0 aliphatic heterocycles. The third-order valence-corrected chi connectivity index (χ3v) is 4.84. The first kappa shape index (κ1) is 15.3. The van der Waals surface area contributed by atoms with Crippen LogP contribution in [0, 0.1) is 0 Å². The van der Waals surface area contributed by atoms with Crippen molar-refractivity contribution in [2.24, 2.45) is 0 Å². The van der Waals surface area contributed by atoms with E-state index in [0.717, 1.165) is 39.9 Å². The van der Waals surface area contributed by atoms with Crippen molar-refractivity contribution in [2.75, 3.05) is 0 Å². The lowest BCUT2D eigenvalue weighted by Gasteiger charge is -2.22. The molecule has 0 saturated heterocycles. The van der Waals surface area contributed by atoms with Gasteiger partial charge in [0.15, 0.2) is 0 Å². The van der Waals surface area contributed by atoms with E-state index >= 15 is 0 Å². The number of hydrogen-bond donors (Lipinski definition) is 1. The molecular weight excluding hydrogens is 320 g/mol. The quantitative estimate of drug-likeness (QED) is 0.727. The molecule has 1 heterocycles. The van der Waals surface area contributed by atoms with Crippen molar-refractivity contribution in [1.82, 2.24) is 9.88 Å². The molecule has 3 nitrogen and oxygen atoms in total. The van der Waals surface area contributed by atoms with Crippen molar-refractivity contribution in [3.05, 3.63) is 70.9 Å². The molecule has 1 aliphatic carbocycles. The van der Waals surface area contributed by atoms with Crippen LogP contribution in [-0.2, 0) is 17.8 Å². The zero-order chi connectivity index (χ0) is 16.5. The maximum atomic E-state index is 12.9. The number of para-hydroxylation sites is 1. The van der Waals surface area contributed by atoms with Gasteiger partial charge in [0.2, 0.25) is 5.91 Å². The number of carbonyl (C=O) groups excluding carboxylic acids is 1. The zero-order valence-corrected chi connectivity index (χ0v) is 14.1. The molecule has 1 aliphatic rings. The maximum Gasteiger partial charge on any atom is 0.227 e. The van der Waals surface area contributed by atoms with Crippen molar-refractivity contribution in [3.8, 4) is 0 Å². The topological polar surface area (TPSA) is 36.1 Å². The molecule has 1 saturated carbocycles. The SMILES string of the molecule is O=C(Cc1c[nH]c2ccccc12)N(Cc1ccc(Cl)cc1)C1CC1. The minimum absolute atomic E-state index is 0.192. The average Bonchev–Trinajstić information content (AvgIpc) is 3.36. The maximum absolute atomic E-state index is 12.9. The summed E-state index contributed by atoms with van der Waals surface area (Å²) in [6, 6.07) is 16.3. The van der Waals surface area contributed by atoms with Gasteiger partial charge in [-0.25, -0.2) is 0 Å². The average molecular weight is 339 g/mol. The van der Waals surface area contributed by atoms with E-state index in [4.69, 9.17) is 11.6 Å². The summed E-state index contributed by atoms with van der Waals surface area (Å²) in [5.41, 5.74) is 3.27. The van der Waals surface area contributed by atoms with Crippen LogP contribution in [0.5, 0.6) is 0 Å². The molecule has 0 unspecified atom stereocenters. The van der Waals surface area contributed by atoms with E-state index in [-0.39, 0.29) is 5.91 Å². The molecule has 2 aromatic carbocycles. The number of halogens is 1. The smallest absolute Gasteiger partial charge is 0.227 e. The third kappa shape index (κ3) is 3.17. The summed E-state index contributed by atoms with van der Waals surface area (Å²) in [6.07, 6.45) is 4.60. The van der Waals surface area contributed by atoms with E-state index in [1.54, 1.807) is 0 Å². The molecule has 1 aromatic heterocycles. The van der Waals surface area contributed by atoms with Crippen LogP contribution in [0.3, 0.4) is 0 Å². The summed E-state index contributed by atoms with van der Waals surface area (Å²) in [5, 5.41) is 1.86. The van der Waals surface area contributed by atoms with Crippen LogP contribution in [0.25, 0.3) is 10.9 Å². The fourth-order valence-corrected chi connectivity index (χ4v) is 3.26. The number of H-pyrrole nitrogens is 1. The molecule has 122 valence electrons. The van der Waals surface area contributed by atoms with Crippen LogP contribution < -0.4 is 0 Å². The van der Waals surface area contributed by atoms with Crippen molar-refractivity contribution >= 4 is 28.4 Å².